The van der Waals surface area contributed by atoms with Gasteiger partial charge < -0.3 is 10.6 Å². The zero-order valence-electron chi connectivity index (χ0n) is 12.2. The highest BCUT2D eigenvalue weighted by Gasteiger charge is 2.09. The van der Waals surface area contributed by atoms with Crippen molar-refractivity contribution in [2.75, 3.05) is 11.4 Å². The van der Waals surface area contributed by atoms with Crippen LogP contribution in [0.2, 0.25) is 0 Å². The first-order valence-electron chi connectivity index (χ1n) is 7.12. The standard InChI is InChI=1S/C17H20F2N2/c1-2-9-21(15-6-3-13(11-20)4-7-15)12-14-5-8-16(18)17(19)10-14/h3-8,10H,2,9,11-12,20H2,1H3. The van der Waals surface area contributed by atoms with Gasteiger partial charge in [0.15, 0.2) is 11.6 Å². The van der Waals surface area contributed by atoms with Crippen molar-refractivity contribution < 1.29 is 8.78 Å². The summed E-state index contributed by atoms with van der Waals surface area (Å²) in [7, 11) is 0. The Kier molecular flexibility index (Phi) is 5.28. The molecule has 112 valence electrons. The maximum absolute atomic E-state index is 13.3. The second-order valence-electron chi connectivity index (χ2n) is 5.04. The fraction of sp³-hybridized carbons (Fsp3) is 0.294. The van der Waals surface area contributed by atoms with Crippen molar-refractivity contribution in [3.05, 3.63) is 65.2 Å². The number of benzene rings is 2. The highest BCUT2D eigenvalue weighted by molar-refractivity contribution is 5.48. The van der Waals surface area contributed by atoms with Gasteiger partial charge in [-0.15, -0.1) is 0 Å². The van der Waals surface area contributed by atoms with Gasteiger partial charge in [-0.05, 0) is 41.8 Å². The summed E-state index contributed by atoms with van der Waals surface area (Å²) < 4.78 is 26.3. The predicted molar refractivity (Wildman–Crippen MR) is 82.0 cm³/mol. The number of rotatable bonds is 6. The molecule has 0 aliphatic heterocycles. The number of hydrogen-bond donors (Lipinski definition) is 1. The third-order valence-corrected chi connectivity index (χ3v) is 3.39. The molecular weight excluding hydrogens is 270 g/mol. The van der Waals surface area contributed by atoms with E-state index >= 15 is 0 Å². The Labute approximate surface area is 124 Å². The van der Waals surface area contributed by atoms with Crippen LogP contribution in [0.5, 0.6) is 0 Å². The van der Waals surface area contributed by atoms with Crippen LogP contribution in [0.3, 0.4) is 0 Å². The Hall–Kier alpha value is -1.94. The van der Waals surface area contributed by atoms with E-state index < -0.39 is 11.6 Å². The Morgan fingerprint density at radius 1 is 0.952 bits per heavy atom. The summed E-state index contributed by atoms with van der Waals surface area (Å²) in [6.07, 6.45) is 0.975. The normalized spacial score (nSPS) is 10.7. The fourth-order valence-corrected chi connectivity index (χ4v) is 2.27. The van der Waals surface area contributed by atoms with Crippen LogP contribution in [0.4, 0.5) is 14.5 Å². The van der Waals surface area contributed by atoms with Gasteiger partial charge in [0.25, 0.3) is 0 Å². The smallest absolute Gasteiger partial charge is 0.159 e. The largest absolute Gasteiger partial charge is 0.367 e. The molecule has 0 radical (unpaired) electrons. The van der Waals surface area contributed by atoms with Crippen LogP contribution in [-0.4, -0.2) is 6.54 Å². The monoisotopic (exact) mass is 290 g/mol. The summed E-state index contributed by atoms with van der Waals surface area (Å²) in [5, 5.41) is 0. The van der Waals surface area contributed by atoms with Crippen molar-refractivity contribution >= 4 is 5.69 Å². The zero-order valence-corrected chi connectivity index (χ0v) is 12.2. The van der Waals surface area contributed by atoms with Crippen molar-refractivity contribution in [1.82, 2.24) is 0 Å². The molecule has 21 heavy (non-hydrogen) atoms. The molecule has 0 fully saturated rings. The van der Waals surface area contributed by atoms with E-state index in [4.69, 9.17) is 5.73 Å². The average Bonchev–Trinajstić information content (AvgIpc) is 2.50. The van der Waals surface area contributed by atoms with Crippen molar-refractivity contribution in [3.8, 4) is 0 Å². The molecule has 2 N–H and O–H groups in total. The molecule has 2 nitrogen and oxygen atoms in total. The SMILES string of the molecule is CCCN(Cc1ccc(F)c(F)c1)c1ccc(CN)cc1. The minimum Gasteiger partial charge on any atom is -0.367 e. The number of nitrogens with two attached hydrogens (primary N) is 1. The number of hydrogen-bond acceptors (Lipinski definition) is 2. The van der Waals surface area contributed by atoms with E-state index in [1.165, 1.54) is 12.1 Å². The van der Waals surface area contributed by atoms with Crippen LogP contribution in [0.25, 0.3) is 0 Å². The first-order chi connectivity index (χ1) is 10.1. The van der Waals surface area contributed by atoms with Gasteiger partial charge in [0, 0.05) is 25.3 Å². The lowest BCUT2D eigenvalue weighted by molar-refractivity contribution is 0.506. The van der Waals surface area contributed by atoms with E-state index in [1.54, 1.807) is 6.07 Å². The topological polar surface area (TPSA) is 29.3 Å². The number of halogens is 2. The van der Waals surface area contributed by atoms with Gasteiger partial charge in [0.2, 0.25) is 0 Å². The average molecular weight is 290 g/mol. The Morgan fingerprint density at radius 2 is 1.62 bits per heavy atom. The molecule has 0 aliphatic rings. The van der Waals surface area contributed by atoms with Crippen molar-refractivity contribution in [2.45, 2.75) is 26.4 Å². The molecule has 2 aromatic carbocycles. The second kappa shape index (κ2) is 7.18. The second-order valence-corrected chi connectivity index (χ2v) is 5.04. The Bertz CT molecular complexity index is 582. The maximum atomic E-state index is 13.3. The molecule has 0 amide bonds. The molecule has 0 heterocycles. The molecule has 0 spiro atoms. The van der Waals surface area contributed by atoms with Gasteiger partial charge >= 0.3 is 0 Å². The van der Waals surface area contributed by atoms with Gasteiger partial charge in [0.1, 0.15) is 0 Å². The highest BCUT2D eigenvalue weighted by Crippen LogP contribution is 2.19. The molecule has 0 aliphatic carbocycles. The molecule has 4 heteroatoms. The van der Waals surface area contributed by atoms with E-state index in [0.29, 0.717) is 13.1 Å². The lowest BCUT2D eigenvalue weighted by Gasteiger charge is -2.25. The summed E-state index contributed by atoms with van der Waals surface area (Å²) in [6.45, 7) is 4.00. The summed E-state index contributed by atoms with van der Waals surface area (Å²) in [5.74, 6) is -1.62. The van der Waals surface area contributed by atoms with Crippen molar-refractivity contribution in [3.63, 3.8) is 0 Å². The molecule has 0 unspecified atom stereocenters. The van der Waals surface area contributed by atoms with E-state index in [0.717, 1.165) is 29.8 Å². The molecule has 2 rings (SSSR count). The minimum absolute atomic E-state index is 0.511. The van der Waals surface area contributed by atoms with Gasteiger partial charge in [-0.3, -0.25) is 0 Å². The van der Waals surface area contributed by atoms with E-state index in [2.05, 4.69) is 11.8 Å². The van der Waals surface area contributed by atoms with Gasteiger partial charge in [-0.1, -0.05) is 25.1 Å². The Balaban J connectivity index is 2.19. The van der Waals surface area contributed by atoms with Crippen LogP contribution in [0.1, 0.15) is 24.5 Å². The Morgan fingerprint density at radius 3 is 2.19 bits per heavy atom. The predicted octanol–water partition coefficient (Wildman–Crippen LogP) is 3.84. The first kappa shape index (κ1) is 15.4. The van der Waals surface area contributed by atoms with Crippen LogP contribution in [0.15, 0.2) is 42.5 Å². The number of anilines is 1. The van der Waals surface area contributed by atoms with Crippen molar-refractivity contribution in [2.24, 2.45) is 5.73 Å². The van der Waals surface area contributed by atoms with Gasteiger partial charge in [-0.2, -0.15) is 0 Å². The fourth-order valence-electron chi connectivity index (χ4n) is 2.27. The third kappa shape index (κ3) is 4.02. The van der Waals surface area contributed by atoms with Gasteiger partial charge in [-0.25, -0.2) is 8.78 Å². The summed E-state index contributed by atoms with van der Waals surface area (Å²) in [6, 6.07) is 12.1. The quantitative estimate of drug-likeness (QED) is 0.876. The van der Waals surface area contributed by atoms with E-state index in [-0.39, 0.29) is 0 Å². The van der Waals surface area contributed by atoms with Crippen LogP contribution < -0.4 is 10.6 Å². The number of nitrogens with zero attached hydrogens (tertiary/aromatic N) is 1. The van der Waals surface area contributed by atoms with Crippen LogP contribution >= 0.6 is 0 Å². The molecular formula is C17H20F2N2. The molecule has 0 saturated heterocycles. The first-order valence-corrected chi connectivity index (χ1v) is 7.12. The minimum atomic E-state index is -0.812. The van der Waals surface area contributed by atoms with Crippen LogP contribution in [0, 0.1) is 11.6 Å². The maximum Gasteiger partial charge on any atom is 0.159 e. The lowest BCUT2D eigenvalue weighted by atomic mass is 10.1. The van der Waals surface area contributed by atoms with Gasteiger partial charge in [0.05, 0.1) is 0 Å². The molecule has 0 saturated carbocycles. The van der Waals surface area contributed by atoms with E-state index in [1.807, 2.05) is 24.3 Å². The summed E-state index contributed by atoms with van der Waals surface area (Å²) in [5.41, 5.74) is 8.48. The van der Waals surface area contributed by atoms with Crippen LogP contribution in [-0.2, 0) is 13.1 Å². The third-order valence-electron chi connectivity index (χ3n) is 3.39. The highest BCUT2D eigenvalue weighted by atomic mass is 19.2. The zero-order chi connectivity index (χ0) is 15.2. The lowest BCUT2D eigenvalue weighted by Crippen LogP contribution is -2.23. The molecule has 0 bridgehead atoms. The summed E-state index contributed by atoms with van der Waals surface area (Å²) in [4.78, 5) is 2.15. The van der Waals surface area contributed by atoms with E-state index in [9.17, 15) is 8.78 Å². The molecule has 2 aromatic rings. The van der Waals surface area contributed by atoms with Crippen molar-refractivity contribution in [1.29, 1.82) is 0 Å². The molecule has 0 atom stereocenters. The molecule has 0 aromatic heterocycles. The summed E-state index contributed by atoms with van der Waals surface area (Å²) >= 11 is 0.